The zero-order valence-corrected chi connectivity index (χ0v) is 15.9. The van der Waals surface area contributed by atoms with Crippen LogP contribution in [0.1, 0.15) is 12.2 Å². The van der Waals surface area contributed by atoms with Crippen molar-refractivity contribution in [3.8, 4) is 22.8 Å². The highest BCUT2D eigenvalue weighted by Gasteiger charge is 2.16. The summed E-state index contributed by atoms with van der Waals surface area (Å²) in [6.07, 6.45) is 4.09. The molecule has 2 aromatic carbocycles. The monoisotopic (exact) mass is 378 g/mol. The molecule has 7 heteroatoms. The summed E-state index contributed by atoms with van der Waals surface area (Å²) in [5.74, 6) is 2.17. The number of fused-ring (bicyclic) bond motifs is 1. The third kappa shape index (κ3) is 3.38. The number of nitrogens with one attached hydrogen (secondary N) is 2. The lowest BCUT2D eigenvalue weighted by atomic mass is 10.1. The Labute approximate surface area is 163 Å². The van der Waals surface area contributed by atoms with Gasteiger partial charge in [-0.05, 0) is 36.2 Å². The van der Waals surface area contributed by atoms with E-state index in [1.54, 1.807) is 25.3 Å². The van der Waals surface area contributed by atoms with Gasteiger partial charge in [0, 0.05) is 18.7 Å². The number of carbonyl (C=O) groups is 1. The Hall–Kier alpha value is -3.48. The van der Waals surface area contributed by atoms with Gasteiger partial charge in [0.25, 0.3) is 0 Å². The first-order valence-electron chi connectivity index (χ1n) is 9.13. The summed E-state index contributed by atoms with van der Waals surface area (Å²) in [5, 5.41) is 5.63. The van der Waals surface area contributed by atoms with Crippen LogP contribution in [0.5, 0.6) is 11.5 Å². The Morgan fingerprint density at radius 2 is 1.89 bits per heavy atom. The van der Waals surface area contributed by atoms with Gasteiger partial charge in [0.2, 0.25) is 0 Å². The summed E-state index contributed by atoms with van der Waals surface area (Å²) >= 11 is 0. The van der Waals surface area contributed by atoms with Gasteiger partial charge in [0.15, 0.2) is 11.5 Å². The largest absolute Gasteiger partial charge is 0.493 e. The highest BCUT2D eigenvalue weighted by Crippen LogP contribution is 2.34. The summed E-state index contributed by atoms with van der Waals surface area (Å²) < 4.78 is 12.8. The molecule has 144 valence electrons. The molecule has 1 aromatic heterocycles. The second-order valence-electron chi connectivity index (χ2n) is 6.51. The van der Waals surface area contributed by atoms with Crippen molar-refractivity contribution >= 4 is 17.4 Å². The average molecular weight is 378 g/mol. The van der Waals surface area contributed by atoms with E-state index in [1.165, 1.54) is 7.11 Å². The number of amides is 2. The number of aromatic nitrogens is 2. The maximum atomic E-state index is 12.4. The molecule has 0 radical (unpaired) electrons. The van der Waals surface area contributed by atoms with Crippen LogP contribution in [0.4, 0.5) is 16.2 Å². The number of anilines is 2. The molecule has 2 N–H and O–H groups in total. The molecule has 0 saturated carbocycles. The van der Waals surface area contributed by atoms with Gasteiger partial charge in [-0.25, -0.2) is 9.78 Å². The van der Waals surface area contributed by atoms with E-state index in [0.717, 1.165) is 36.5 Å². The number of hydrogen-bond acceptors (Lipinski definition) is 4. The van der Waals surface area contributed by atoms with Crippen molar-refractivity contribution in [1.82, 2.24) is 9.55 Å². The van der Waals surface area contributed by atoms with E-state index in [0.29, 0.717) is 22.9 Å². The quantitative estimate of drug-likeness (QED) is 0.699. The molecule has 0 spiro atoms. The smallest absolute Gasteiger partial charge is 0.323 e. The van der Waals surface area contributed by atoms with Crippen LogP contribution in [-0.4, -0.2) is 29.8 Å². The van der Waals surface area contributed by atoms with E-state index in [9.17, 15) is 4.79 Å². The Balaban J connectivity index is 1.45. The van der Waals surface area contributed by atoms with Crippen molar-refractivity contribution in [2.75, 3.05) is 24.9 Å². The first kappa shape index (κ1) is 17.9. The van der Waals surface area contributed by atoms with Gasteiger partial charge in [0.1, 0.15) is 5.82 Å². The number of hydrogen-bond donors (Lipinski definition) is 2. The fraction of sp³-hybridized carbons (Fsp3) is 0.238. The summed E-state index contributed by atoms with van der Waals surface area (Å²) in [5.41, 5.74) is 3.43. The zero-order valence-electron chi connectivity index (χ0n) is 15.9. The lowest BCUT2D eigenvalue weighted by Gasteiger charge is -2.14. The van der Waals surface area contributed by atoms with Crippen LogP contribution in [0.3, 0.4) is 0 Å². The molecule has 0 aliphatic carbocycles. The van der Waals surface area contributed by atoms with E-state index in [-0.39, 0.29) is 6.03 Å². The highest BCUT2D eigenvalue weighted by molar-refractivity contribution is 6.01. The van der Waals surface area contributed by atoms with Gasteiger partial charge in [-0.2, -0.15) is 0 Å². The van der Waals surface area contributed by atoms with Crippen molar-refractivity contribution in [2.45, 2.75) is 19.4 Å². The molecular formula is C21H22N4O3. The van der Waals surface area contributed by atoms with Crippen molar-refractivity contribution < 1.29 is 14.3 Å². The minimum Gasteiger partial charge on any atom is -0.493 e. The molecule has 7 nitrogen and oxygen atoms in total. The predicted molar refractivity (Wildman–Crippen MR) is 108 cm³/mol. The Kier molecular flexibility index (Phi) is 4.89. The number of nitrogens with zero attached hydrogens (tertiary/aromatic N) is 2. The van der Waals surface area contributed by atoms with Gasteiger partial charge in [0.05, 0.1) is 31.8 Å². The van der Waals surface area contributed by atoms with Crippen molar-refractivity contribution in [2.24, 2.45) is 0 Å². The molecule has 0 bridgehead atoms. The SMILES string of the molecule is COc1cccc(NC(=O)Nc2ccc(-c3cnc4n3CCC4)cc2)c1OC. The first-order chi connectivity index (χ1) is 13.7. The lowest BCUT2D eigenvalue weighted by molar-refractivity contribution is 0.262. The minimum atomic E-state index is -0.357. The number of ether oxygens (including phenoxy) is 2. The van der Waals surface area contributed by atoms with Crippen LogP contribution in [0.15, 0.2) is 48.7 Å². The van der Waals surface area contributed by atoms with Crippen molar-refractivity contribution in [1.29, 1.82) is 0 Å². The maximum Gasteiger partial charge on any atom is 0.323 e. The lowest BCUT2D eigenvalue weighted by Crippen LogP contribution is -2.19. The second kappa shape index (κ2) is 7.64. The minimum absolute atomic E-state index is 0.357. The standard InChI is InChI=1S/C21H22N4O3/c1-27-18-6-3-5-16(20(18)28-2)24-21(26)23-15-10-8-14(9-11-15)17-13-22-19-7-4-12-25(17)19/h3,5-6,8-11,13H,4,7,12H2,1-2H3,(H2,23,24,26). The van der Waals surface area contributed by atoms with Gasteiger partial charge in [-0.1, -0.05) is 18.2 Å². The number of rotatable bonds is 5. The van der Waals surface area contributed by atoms with Gasteiger partial charge < -0.3 is 24.7 Å². The number of carbonyl (C=O) groups excluding carboxylic acids is 1. The number of imidazole rings is 1. The number of methoxy groups -OCH3 is 2. The van der Waals surface area contributed by atoms with Crippen LogP contribution in [0, 0.1) is 0 Å². The van der Waals surface area contributed by atoms with Crippen molar-refractivity contribution in [3.63, 3.8) is 0 Å². The molecule has 1 aliphatic rings. The summed E-state index contributed by atoms with van der Waals surface area (Å²) in [6.45, 7) is 1.01. The molecular weight excluding hydrogens is 356 g/mol. The fourth-order valence-corrected chi connectivity index (χ4v) is 3.48. The molecule has 2 heterocycles. The molecule has 1 aliphatic heterocycles. The van der Waals surface area contributed by atoms with Gasteiger partial charge in [-0.3, -0.25) is 0 Å². The van der Waals surface area contributed by atoms with Crippen LogP contribution in [-0.2, 0) is 13.0 Å². The van der Waals surface area contributed by atoms with E-state index < -0.39 is 0 Å². The maximum absolute atomic E-state index is 12.4. The number of aryl methyl sites for hydroxylation is 1. The third-order valence-corrected chi connectivity index (χ3v) is 4.81. The number of benzene rings is 2. The molecule has 0 unspecified atom stereocenters. The average Bonchev–Trinajstić information content (AvgIpc) is 3.32. The fourth-order valence-electron chi connectivity index (χ4n) is 3.48. The topological polar surface area (TPSA) is 77.4 Å². The Morgan fingerprint density at radius 3 is 2.64 bits per heavy atom. The summed E-state index contributed by atoms with van der Waals surface area (Å²) in [7, 11) is 3.09. The normalized spacial score (nSPS) is 12.4. The van der Waals surface area contributed by atoms with Crippen LogP contribution >= 0.6 is 0 Å². The van der Waals surface area contributed by atoms with E-state index in [2.05, 4.69) is 20.2 Å². The van der Waals surface area contributed by atoms with Crippen LogP contribution in [0.2, 0.25) is 0 Å². The molecule has 2 amide bonds. The van der Waals surface area contributed by atoms with Gasteiger partial charge in [-0.15, -0.1) is 0 Å². The van der Waals surface area contributed by atoms with E-state index in [4.69, 9.17) is 9.47 Å². The van der Waals surface area contributed by atoms with Crippen LogP contribution < -0.4 is 20.1 Å². The van der Waals surface area contributed by atoms with Gasteiger partial charge >= 0.3 is 6.03 Å². The molecule has 3 aromatic rings. The predicted octanol–water partition coefficient (Wildman–Crippen LogP) is 4.16. The molecule has 0 saturated heterocycles. The molecule has 28 heavy (non-hydrogen) atoms. The Bertz CT molecular complexity index is 995. The summed E-state index contributed by atoms with van der Waals surface area (Å²) in [4.78, 5) is 16.9. The van der Waals surface area contributed by atoms with E-state index in [1.807, 2.05) is 30.5 Å². The Morgan fingerprint density at radius 1 is 1.07 bits per heavy atom. The molecule has 0 atom stereocenters. The van der Waals surface area contributed by atoms with Crippen molar-refractivity contribution in [3.05, 3.63) is 54.5 Å². The van der Waals surface area contributed by atoms with Crippen LogP contribution in [0.25, 0.3) is 11.3 Å². The zero-order chi connectivity index (χ0) is 19.5. The summed E-state index contributed by atoms with van der Waals surface area (Å²) in [6, 6.07) is 12.7. The third-order valence-electron chi connectivity index (χ3n) is 4.81. The molecule has 0 fully saturated rings. The highest BCUT2D eigenvalue weighted by atomic mass is 16.5. The molecule has 4 rings (SSSR count). The van der Waals surface area contributed by atoms with E-state index >= 15 is 0 Å². The number of para-hydroxylation sites is 1. The number of urea groups is 1. The first-order valence-corrected chi connectivity index (χ1v) is 9.13. The second-order valence-corrected chi connectivity index (χ2v) is 6.51.